The van der Waals surface area contributed by atoms with Gasteiger partial charge in [0.15, 0.2) is 0 Å². The summed E-state index contributed by atoms with van der Waals surface area (Å²) in [7, 11) is 0. The first-order valence-corrected chi connectivity index (χ1v) is 10.3. The van der Waals surface area contributed by atoms with Gasteiger partial charge in [-0.2, -0.15) is 0 Å². The highest BCUT2D eigenvalue weighted by Gasteiger charge is 2.12. The number of carbonyl (C=O) groups excluding carboxylic acids is 1. The number of amides is 1. The van der Waals surface area contributed by atoms with Crippen molar-refractivity contribution in [2.75, 3.05) is 11.1 Å². The maximum Gasteiger partial charge on any atom is 0.259 e. The van der Waals surface area contributed by atoms with Crippen molar-refractivity contribution >= 4 is 44.9 Å². The average molecular weight is 388 g/mol. The number of aromatic amines is 1. The third-order valence-corrected chi connectivity index (χ3v) is 6.11. The quantitative estimate of drug-likeness (QED) is 0.691. The minimum absolute atomic E-state index is 0.0637. The summed E-state index contributed by atoms with van der Waals surface area (Å²) in [5, 5.41) is 3.59. The summed E-state index contributed by atoms with van der Waals surface area (Å²) in [5.41, 5.74) is 3.93. The fourth-order valence-electron chi connectivity index (χ4n) is 2.85. The molecule has 0 saturated carbocycles. The fraction of sp³-hybridized carbons (Fsp3) is 0.316. The van der Waals surface area contributed by atoms with E-state index in [0.29, 0.717) is 22.7 Å². The molecule has 0 radical (unpaired) electrons. The van der Waals surface area contributed by atoms with Crippen LogP contribution in [0.25, 0.3) is 10.2 Å². The van der Waals surface area contributed by atoms with Crippen molar-refractivity contribution in [1.82, 2.24) is 9.97 Å². The molecule has 3 rings (SSSR count). The number of thiophene rings is 1. The maximum atomic E-state index is 12.3. The zero-order valence-corrected chi connectivity index (χ0v) is 16.9. The fourth-order valence-corrected chi connectivity index (χ4v) is 4.59. The minimum atomic E-state index is -0.105. The molecule has 0 bridgehead atoms. The van der Waals surface area contributed by atoms with Crippen molar-refractivity contribution in [3.05, 3.63) is 55.9 Å². The molecule has 0 aliphatic rings. The number of aryl methyl sites for hydroxylation is 4. The number of benzene rings is 1. The van der Waals surface area contributed by atoms with Gasteiger partial charge in [0.05, 0.1) is 16.9 Å². The molecule has 0 unspecified atom stereocenters. The second-order valence-corrected chi connectivity index (χ2v) is 8.58. The van der Waals surface area contributed by atoms with Gasteiger partial charge in [0, 0.05) is 10.6 Å². The zero-order chi connectivity index (χ0) is 18.8. The highest BCUT2D eigenvalue weighted by molar-refractivity contribution is 7.99. The molecule has 2 heterocycles. The molecule has 1 amide bonds. The summed E-state index contributed by atoms with van der Waals surface area (Å²) in [6, 6.07) is 5.96. The van der Waals surface area contributed by atoms with Crippen LogP contribution in [0.4, 0.5) is 5.69 Å². The predicted octanol–water partition coefficient (Wildman–Crippen LogP) is 4.09. The van der Waals surface area contributed by atoms with E-state index in [1.807, 2.05) is 39.8 Å². The molecule has 0 atom stereocenters. The molecule has 7 heteroatoms. The highest BCUT2D eigenvalue weighted by Crippen LogP contribution is 2.26. The zero-order valence-electron chi connectivity index (χ0n) is 15.2. The van der Waals surface area contributed by atoms with Crippen LogP contribution in [0.2, 0.25) is 0 Å². The van der Waals surface area contributed by atoms with E-state index in [2.05, 4.69) is 21.4 Å². The van der Waals surface area contributed by atoms with Crippen LogP contribution in [0.5, 0.6) is 0 Å². The van der Waals surface area contributed by atoms with Gasteiger partial charge in [-0.25, -0.2) is 4.98 Å². The summed E-state index contributed by atoms with van der Waals surface area (Å²) < 4.78 is 0. The van der Waals surface area contributed by atoms with E-state index in [4.69, 9.17) is 0 Å². The van der Waals surface area contributed by atoms with E-state index in [9.17, 15) is 9.59 Å². The summed E-state index contributed by atoms with van der Waals surface area (Å²) in [4.78, 5) is 33.6. The molecular weight excluding hydrogens is 366 g/mol. The lowest BCUT2D eigenvalue weighted by atomic mass is 10.1. The maximum absolute atomic E-state index is 12.3. The Bertz CT molecular complexity index is 1020. The van der Waals surface area contributed by atoms with Crippen LogP contribution >= 0.6 is 23.1 Å². The number of fused-ring (bicyclic) bond motifs is 1. The number of hydrogen-bond donors (Lipinski definition) is 2. The van der Waals surface area contributed by atoms with Crippen LogP contribution < -0.4 is 10.9 Å². The Kier molecular flexibility index (Phi) is 5.48. The van der Waals surface area contributed by atoms with E-state index in [1.165, 1.54) is 23.1 Å². The van der Waals surface area contributed by atoms with Crippen molar-refractivity contribution in [1.29, 1.82) is 0 Å². The lowest BCUT2D eigenvalue weighted by molar-refractivity contribution is -0.113. The average Bonchev–Trinajstić information content (AvgIpc) is 2.81. The molecular formula is C19H21N3O2S2. The molecule has 0 saturated heterocycles. The Morgan fingerprint density at radius 2 is 1.88 bits per heavy atom. The number of hydrogen-bond acceptors (Lipinski definition) is 5. The van der Waals surface area contributed by atoms with Gasteiger partial charge in [0.1, 0.15) is 10.7 Å². The van der Waals surface area contributed by atoms with Crippen molar-refractivity contribution in [3.63, 3.8) is 0 Å². The number of aromatic nitrogens is 2. The Morgan fingerprint density at radius 1 is 1.19 bits per heavy atom. The molecule has 0 aliphatic heterocycles. The number of rotatable bonds is 5. The van der Waals surface area contributed by atoms with E-state index in [1.54, 1.807) is 0 Å². The van der Waals surface area contributed by atoms with E-state index in [0.717, 1.165) is 32.1 Å². The Balaban J connectivity index is 1.61. The van der Waals surface area contributed by atoms with Gasteiger partial charge in [-0.05, 0) is 56.5 Å². The number of thioether (sulfide) groups is 1. The second kappa shape index (κ2) is 7.63. The van der Waals surface area contributed by atoms with E-state index in [-0.39, 0.29) is 11.5 Å². The standard InChI is InChI=1S/C19H21N3O2S2/c1-10-5-11(2)7-14(6-10)20-16(23)9-25-8-15-21-18(24)17-12(3)13(4)26-19(17)22-15/h5-7H,8-9H2,1-4H3,(H,20,23)(H,21,22,24). The molecule has 5 nitrogen and oxygen atoms in total. The molecule has 136 valence electrons. The van der Waals surface area contributed by atoms with Crippen LogP contribution in [0.3, 0.4) is 0 Å². The molecule has 2 aromatic heterocycles. The van der Waals surface area contributed by atoms with Gasteiger partial charge >= 0.3 is 0 Å². The third kappa shape index (κ3) is 4.16. The third-order valence-electron chi connectivity index (χ3n) is 4.07. The normalized spacial score (nSPS) is 11.1. The van der Waals surface area contributed by atoms with E-state index < -0.39 is 0 Å². The summed E-state index contributed by atoms with van der Waals surface area (Å²) in [5.74, 6) is 1.33. The van der Waals surface area contributed by atoms with Crippen molar-refractivity contribution < 1.29 is 4.79 Å². The summed E-state index contributed by atoms with van der Waals surface area (Å²) >= 11 is 2.96. The summed E-state index contributed by atoms with van der Waals surface area (Å²) in [6.45, 7) is 7.94. The number of anilines is 1. The van der Waals surface area contributed by atoms with Crippen LogP contribution in [0.1, 0.15) is 27.4 Å². The smallest absolute Gasteiger partial charge is 0.259 e. The summed E-state index contributed by atoms with van der Waals surface area (Å²) in [6.07, 6.45) is 0. The Morgan fingerprint density at radius 3 is 2.58 bits per heavy atom. The molecule has 0 aliphatic carbocycles. The van der Waals surface area contributed by atoms with Crippen LogP contribution in [-0.2, 0) is 10.5 Å². The number of nitrogens with one attached hydrogen (secondary N) is 2. The largest absolute Gasteiger partial charge is 0.325 e. The van der Waals surface area contributed by atoms with Gasteiger partial charge in [0.2, 0.25) is 5.91 Å². The molecule has 0 spiro atoms. The lowest BCUT2D eigenvalue weighted by Crippen LogP contribution is -2.15. The predicted molar refractivity (Wildman–Crippen MR) is 110 cm³/mol. The van der Waals surface area contributed by atoms with Crippen molar-refractivity contribution in [3.8, 4) is 0 Å². The van der Waals surface area contributed by atoms with Gasteiger partial charge in [-0.3, -0.25) is 9.59 Å². The lowest BCUT2D eigenvalue weighted by Gasteiger charge is -2.07. The van der Waals surface area contributed by atoms with Gasteiger partial charge < -0.3 is 10.3 Å². The number of carbonyl (C=O) groups is 1. The number of H-pyrrole nitrogens is 1. The SMILES string of the molecule is Cc1cc(C)cc(NC(=O)CSCc2nc3sc(C)c(C)c3c(=O)[nH]2)c1. The van der Waals surface area contributed by atoms with Gasteiger partial charge in [0.25, 0.3) is 5.56 Å². The molecule has 3 aromatic rings. The topological polar surface area (TPSA) is 74.8 Å². The first kappa shape index (κ1) is 18.7. The molecule has 1 aromatic carbocycles. The minimum Gasteiger partial charge on any atom is -0.325 e. The van der Waals surface area contributed by atoms with Crippen LogP contribution in [-0.4, -0.2) is 21.6 Å². The number of nitrogens with zero attached hydrogens (tertiary/aromatic N) is 1. The van der Waals surface area contributed by atoms with Crippen LogP contribution in [0, 0.1) is 27.7 Å². The first-order chi connectivity index (χ1) is 12.3. The second-order valence-electron chi connectivity index (χ2n) is 6.39. The van der Waals surface area contributed by atoms with Gasteiger partial charge in [-0.1, -0.05) is 6.07 Å². The molecule has 2 N–H and O–H groups in total. The Hall–Kier alpha value is -2.12. The van der Waals surface area contributed by atoms with E-state index >= 15 is 0 Å². The Labute approximate surface area is 160 Å². The first-order valence-electron chi connectivity index (χ1n) is 8.28. The monoisotopic (exact) mass is 387 g/mol. The van der Waals surface area contributed by atoms with Crippen LogP contribution in [0.15, 0.2) is 23.0 Å². The van der Waals surface area contributed by atoms with Crippen molar-refractivity contribution in [2.24, 2.45) is 0 Å². The molecule has 26 heavy (non-hydrogen) atoms. The van der Waals surface area contributed by atoms with Crippen molar-refractivity contribution in [2.45, 2.75) is 33.4 Å². The molecule has 0 fully saturated rings. The van der Waals surface area contributed by atoms with Gasteiger partial charge in [-0.15, -0.1) is 23.1 Å². The highest BCUT2D eigenvalue weighted by atomic mass is 32.2.